The van der Waals surface area contributed by atoms with Crippen molar-refractivity contribution in [1.29, 1.82) is 0 Å². The van der Waals surface area contributed by atoms with Gasteiger partial charge in [0.1, 0.15) is 0 Å². The van der Waals surface area contributed by atoms with E-state index in [2.05, 4.69) is 20.8 Å². The van der Waals surface area contributed by atoms with Crippen LogP contribution in [-0.4, -0.2) is 5.54 Å². The first-order valence-corrected chi connectivity index (χ1v) is 6.31. The second-order valence-electron chi connectivity index (χ2n) is 6.22. The first-order chi connectivity index (χ1) is 6.52. The van der Waals surface area contributed by atoms with Gasteiger partial charge in [0.2, 0.25) is 0 Å². The van der Waals surface area contributed by atoms with E-state index in [1.54, 1.807) is 0 Å². The molecular formula is C13H25N. The monoisotopic (exact) mass is 195 g/mol. The average Bonchev–Trinajstić information content (AvgIpc) is 2.62. The lowest BCUT2D eigenvalue weighted by Crippen LogP contribution is -2.50. The molecule has 2 bridgehead atoms. The summed E-state index contributed by atoms with van der Waals surface area (Å²) < 4.78 is 0. The Kier molecular flexibility index (Phi) is 2.63. The van der Waals surface area contributed by atoms with Crippen LogP contribution >= 0.6 is 0 Å². The Morgan fingerprint density at radius 3 is 2.43 bits per heavy atom. The molecule has 0 aliphatic heterocycles. The van der Waals surface area contributed by atoms with E-state index in [0.717, 1.165) is 23.7 Å². The molecule has 2 aliphatic carbocycles. The summed E-state index contributed by atoms with van der Waals surface area (Å²) >= 11 is 0. The molecule has 0 heterocycles. The lowest BCUT2D eigenvalue weighted by Gasteiger charge is -2.40. The van der Waals surface area contributed by atoms with Gasteiger partial charge >= 0.3 is 0 Å². The summed E-state index contributed by atoms with van der Waals surface area (Å²) in [6.45, 7) is 7.00. The van der Waals surface area contributed by atoms with Gasteiger partial charge in [-0.2, -0.15) is 0 Å². The number of fused-ring (bicyclic) bond motifs is 2. The minimum atomic E-state index is 0.202. The van der Waals surface area contributed by atoms with Crippen molar-refractivity contribution >= 4 is 0 Å². The van der Waals surface area contributed by atoms with Crippen LogP contribution in [0.15, 0.2) is 0 Å². The number of nitrogens with two attached hydrogens (primary N) is 1. The van der Waals surface area contributed by atoms with Crippen molar-refractivity contribution in [3.05, 3.63) is 0 Å². The molecule has 0 radical (unpaired) electrons. The topological polar surface area (TPSA) is 26.0 Å². The molecule has 0 saturated heterocycles. The van der Waals surface area contributed by atoms with Gasteiger partial charge in [-0.1, -0.05) is 27.2 Å². The zero-order chi connectivity index (χ0) is 10.3. The highest BCUT2D eigenvalue weighted by atomic mass is 14.8. The Labute approximate surface area is 88.4 Å². The molecule has 14 heavy (non-hydrogen) atoms. The average molecular weight is 195 g/mol. The highest BCUT2D eigenvalue weighted by Gasteiger charge is 2.50. The Hall–Kier alpha value is -0.0400. The molecule has 4 unspecified atom stereocenters. The SMILES string of the molecule is CC(C)CC(C)C1(N)CC2CCC1C2. The first kappa shape index (κ1) is 10.5. The van der Waals surface area contributed by atoms with E-state index in [-0.39, 0.29) is 5.54 Å². The highest BCUT2D eigenvalue weighted by molar-refractivity contribution is 5.06. The smallest absolute Gasteiger partial charge is 0.0211 e. The Balaban J connectivity index is 2.02. The minimum Gasteiger partial charge on any atom is -0.325 e. The maximum absolute atomic E-state index is 6.64. The van der Waals surface area contributed by atoms with E-state index in [1.165, 1.54) is 32.1 Å². The summed E-state index contributed by atoms with van der Waals surface area (Å²) in [6, 6.07) is 0. The van der Waals surface area contributed by atoms with Crippen molar-refractivity contribution in [2.75, 3.05) is 0 Å². The van der Waals surface area contributed by atoms with Crippen LogP contribution in [-0.2, 0) is 0 Å². The van der Waals surface area contributed by atoms with E-state index < -0.39 is 0 Å². The molecule has 2 N–H and O–H groups in total. The third-order valence-electron chi connectivity index (χ3n) is 4.69. The van der Waals surface area contributed by atoms with Crippen molar-refractivity contribution in [2.24, 2.45) is 29.4 Å². The van der Waals surface area contributed by atoms with Gasteiger partial charge < -0.3 is 5.73 Å². The maximum Gasteiger partial charge on any atom is 0.0211 e. The fourth-order valence-electron chi connectivity index (χ4n) is 3.95. The molecule has 2 saturated carbocycles. The molecule has 2 rings (SSSR count). The zero-order valence-electron chi connectivity index (χ0n) is 9.92. The molecule has 1 nitrogen and oxygen atoms in total. The van der Waals surface area contributed by atoms with E-state index in [0.29, 0.717) is 0 Å². The van der Waals surface area contributed by atoms with Crippen molar-refractivity contribution in [3.8, 4) is 0 Å². The Morgan fingerprint density at radius 1 is 1.29 bits per heavy atom. The fraction of sp³-hybridized carbons (Fsp3) is 1.00. The highest BCUT2D eigenvalue weighted by Crippen LogP contribution is 2.53. The van der Waals surface area contributed by atoms with Crippen molar-refractivity contribution < 1.29 is 0 Å². The fourth-order valence-corrected chi connectivity index (χ4v) is 3.95. The van der Waals surface area contributed by atoms with Gasteiger partial charge in [-0.25, -0.2) is 0 Å². The molecule has 0 aromatic rings. The first-order valence-electron chi connectivity index (χ1n) is 6.31. The van der Waals surface area contributed by atoms with Gasteiger partial charge in [0.25, 0.3) is 0 Å². The summed E-state index contributed by atoms with van der Waals surface area (Å²) in [5.41, 5.74) is 6.84. The van der Waals surface area contributed by atoms with Crippen molar-refractivity contribution in [2.45, 2.75) is 58.4 Å². The third kappa shape index (κ3) is 1.60. The predicted molar refractivity (Wildman–Crippen MR) is 61.0 cm³/mol. The lowest BCUT2D eigenvalue weighted by atomic mass is 9.71. The molecule has 0 aromatic carbocycles. The molecule has 0 amide bonds. The molecule has 2 fully saturated rings. The van der Waals surface area contributed by atoms with Crippen LogP contribution in [0, 0.1) is 23.7 Å². The van der Waals surface area contributed by atoms with Gasteiger partial charge in [0, 0.05) is 5.54 Å². The quantitative estimate of drug-likeness (QED) is 0.735. The largest absolute Gasteiger partial charge is 0.325 e. The normalized spacial score (nSPS) is 43.5. The number of hydrogen-bond acceptors (Lipinski definition) is 1. The lowest BCUT2D eigenvalue weighted by molar-refractivity contribution is 0.166. The van der Waals surface area contributed by atoms with Crippen LogP contribution in [0.2, 0.25) is 0 Å². The van der Waals surface area contributed by atoms with Crippen LogP contribution in [0.4, 0.5) is 0 Å². The van der Waals surface area contributed by atoms with Gasteiger partial charge in [-0.05, 0) is 49.4 Å². The number of hydrogen-bond donors (Lipinski definition) is 1. The second-order valence-corrected chi connectivity index (χ2v) is 6.22. The van der Waals surface area contributed by atoms with E-state index in [1.807, 2.05) is 0 Å². The van der Waals surface area contributed by atoms with Gasteiger partial charge in [0.05, 0.1) is 0 Å². The van der Waals surface area contributed by atoms with Crippen LogP contribution in [0.3, 0.4) is 0 Å². The second kappa shape index (κ2) is 3.52. The summed E-state index contributed by atoms with van der Waals surface area (Å²) in [4.78, 5) is 0. The third-order valence-corrected chi connectivity index (χ3v) is 4.69. The van der Waals surface area contributed by atoms with Crippen LogP contribution < -0.4 is 5.73 Å². The summed E-state index contributed by atoms with van der Waals surface area (Å²) in [5, 5.41) is 0. The van der Waals surface area contributed by atoms with Gasteiger partial charge in [-0.15, -0.1) is 0 Å². The maximum atomic E-state index is 6.64. The molecule has 0 aromatic heterocycles. The Morgan fingerprint density at radius 2 is 2.00 bits per heavy atom. The Bertz CT molecular complexity index is 211. The van der Waals surface area contributed by atoms with E-state index >= 15 is 0 Å². The molecule has 2 aliphatic rings. The van der Waals surface area contributed by atoms with Crippen LogP contribution in [0.1, 0.15) is 52.9 Å². The molecule has 1 heteroatoms. The molecular weight excluding hydrogens is 170 g/mol. The van der Waals surface area contributed by atoms with Crippen molar-refractivity contribution in [1.82, 2.24) is 0 Å². The van der Waals surface area contributed by atoms with Gasteiger partial charge in [-0.3, -0.25) is 0 Å². The standard InChI is InChI=1S/C13H25N/c1-9(2)6-10(3)13(14)8-11-4-5-12(13)7-11/h9-12H,4-8,14H2,1-3H3. The van der Waals surface area contributed by atoms with E-state index in [4.69, 9.17) is 5.73 Å². The zero-order valence-corrected chi connectivity index (χ0v) is 9.92. The minimum absolute atomic E-state index is 0.202. The van der Waals surface area contributed by atoms with Crippen LogP contribution in [0.25, 0.3) is 0 Å². The molecule has 0 spiro atoms. The van der Waals surface area contributed by atoms with Gasteiger partial charge in [0.15, 0.2) is 0 Å². The molecule has 82 valence electrons. The van der Waals surface area contributed by atoms with Crippen molar-refractivity contribution in [3.63, 3.8) is 0 Å². The predicted octanol–water partition coefficient (Wildman–Crippen LogP) is 3.19. The summed E-state index contributed by atoms with van der Waals surface area (Å²) in [6.07, 6.45) is 6.91. The summed E-state index contributed by atoms with van der Waals surface area (Å²) in [7, 11) is 0. The number of rotatable bonds is 3. The van der Waals surface area contributed by atoms with Crippen LogP contribution in [0.5, 0.6) is 0 Å². The molecule has 4 atom stereocenters. The van der Waals surface area contributed by atoms with E-state index in [9.17, 15) is 0 Å². The summed E-state index contributed by atoms with van der Waals surface area (Å²) in [5.74, 6) is 3.34.